The van der Waals surface area contributed by atoms with Gasteiger partial charge in [0.1, 0.15) is 0 Å². The minimum absolute atomic E-state index is 0.721. The van der Waals surface area contributed by atoms with Crippen LogP contribution in [-0.4, -0.2) is 0 Å². The molecule has 0 spiro atoms. The zero-order chi connectivity index (χ0) is 14.3. The molecule has 0 bridgehead atoms. The summed E-state index contributed by atoms with van der Waals surface area (Å²) in [5, 5.41) is 0. The van der Waals surface area contributed by atoms with Crippen molar-refractivity contribution < 1.29 is 0 Å². The number of rotatable bonds is 2. The first kappa shape index (κ1) is 14.6. The average Bonchev–Trinajstić information content (AvgIpc) is 2.88. The van der Waals surface area contributed by atoms with Crippen molar-refractivity contribution in [2.45, 2.75) is 96.8 Å². The second kappa shape index (κ2) is 5.89. The van der Waals surface area contributed by atoms with Gasteiger partial charge in [0.25, 0.3) is 0 Å². The Morgan fingerprint density at radius 2 is 1.48 bits per heavy atom. The zero-order valence-electron chi connectivity index (χ0n) is 14.3. The van der Waals surface area contributed by atoms with Gasteiger partial charge in [0.15, 0.2) is 0 Å². The van der Waals surface area contributed by atoms with Gasteiger partial charge in [-0.1, -0.05) is 58.3 Å². The van der Waals surface area contributed by atoms with E-state index in [1.54, 1.807) is 57.8 Å². The molecule has 5 atom stereocenters. The Balaban J connectivity index is 1.46. The molecule has 0 aromatic heterocycles. The molecular weight excluding hydrogens is 252 g/mol. The standard InChI is InChI=1S/C21H36/c1-21(12-5-2-6-13-21)15-17-9-7-11-19-18-10-4-3-8-16(18)14-20(17)19/h16-20H,2-15H2,1H3. The molecule has 5 unspecified atom stereocenters. The maximum Gasteiger partial charge on any atom is -0.0323 e. The highest BCUT2D eigenvalue weighted by atomic mass is 14.5. The third-order valence-corrected chi connectivity index (χ3v) is 8.18. The van der Waals surface area contributed by atoms with Gasteiger partial charge in [0.2, 0.25) is 0 Å². The third kappa shape index (κ3) is 2.81. The topological polar surface area (TPSA) is 0 Å². The molecule has 0 radical (unpaired) electrons. The van der Waals surface area contributed by atoms with Gasteiger partial charge in [-0.15, -0.1) is 0 Å². The molecular formula is C21H36. The van der Waals surface area contributed by atoms with Crippen LogP contribution < -0.4 is 0 Å². The molecule has 0 N–H and O–H groups in total. The number of fused-ring (bicyclic) bond motifs is 3. The first-order chi connectivity index (χ1) is 10.3. The Labute approximate surface area is 132 Å². The largest absolute Gasteiger partial charge is 0.0596 e. The second-order valence-electron chi connectivity index (χ2n) is 9.54. The van der Waals surface area contributed by atoms with Crippen molar-refractivity contribution in [2.75, 3.05) is 0 Å². The Hall–Kier alpha value is 0. The first-order valence-electron chi connectivity index (χ1n) is 10.3. The van der Waals surface area contributed by atoms with Crippen LogP contribution in [0.2, 0.25) is 0 Å². The zero-order valence-corrected chi connectivity index (χ0v) is 14.3. The van der Waals surface area contributed by atoms with E-state index in [0.717, 1.165) is 35.0 Å². The Kier molecular flexibility index (Phi) is 4.09. The molecule has 0 heterocycles. The van der Waals surface area contributed by atoms with Crippen molar-refractivity contribution in [1.29, 1.82) is 0 Å². The molecule has 0 aliphatic heterocycles. The van der Waals surface area contributed by atoms with Crippen LogP contribution in [0.15, 0.2) is 0 Å². The normalized spacial score (nSPS) is 45.9. The summed E-state index contributed by atoms with van der Waals surface area (Å²) in [5.74, 6) is 5.71. The van der Waals surface area contributed by atoms with Crippen LogP contribution in [0, 0.1) is 35.0 Å². The van der Waals surface area contributed by atoms with Crippen molar-refractivity contribution in [3.63, 3.8) is 0 Å². The van der Waals surface area contributed by atoms with E-state index in [9.17, 15) is 0 Å². The summed E-state index contributed by atoms with van der Waals surface area (Å²) in [4.78, 5) is 0. The summed E-state index contributed by atoms with van der Waals surface area (Å²) in [5.41, 5.74) is 0.721. The van der Waals surface area contributed by atoms with Crippen molar-refractivity contribution in [1.82, 2.24) is 0 Å². The molecule has 21 heavy (non-hydrogen) atoms. The van der Waals surface area contributed by atoms with Crippen molar-refractivity contribution in [3.8, 4) is 0 Å². The highest BCUT2D eigenvalue weighted by Crippen LogP contribution is 2.58. The van der Waals surface area contributed by atoms with Gasteiger partial charge in [-0.3, -0.25) is 0 Å². The molecule has 0 amide bonds. The summed E-state index contributed by atoms with van der Waals surface area (Å²) < 4.78 is 0. The van der Waals surface area contributed by atoms with E-state index >= 15 is 0 Å². The minimum atomic E-state index is 0.721. The Bertz CT molecular complexity index is 351. The molecule has 4 rings (SSSR count). The molecule has 0 aromatic carbocycles. The molecule has 0 aromatic rings. The molecule has 4 aliphatic carbocycles. The first-order valence-corrected chi connectivity index (χ1v) is 10.3. The fourth-order valence-electron chi connectivity index (χ4n) is 7.23. The van der Waals surface area contributed by atoms with E-state index < -0.39 is 0 Å². The molecule has 4 saturated carbocycles. The SMILES string of the molecule is CC1(CC2CCCC3C4CCCCC4CC23)CCCCC1. The van der Waals surface area contributed by atoms with Crippen LogP contribution >= 0.6 is 0 Å². The average molecular weight is 289 g/mol. The van der Waals surface area contributed by atoms with Gasteiger partial charge >= 0.3 is 0 Å². The highest BCUT2D eigenvalue weighted by molar-refractivity contribution is 4.98. The molecule has 4 aliphatic rings. The number of hydrogen-bond acceptors (Lipinski definition) is 0. The highest BCUT2D eigenvalue weighted by Gasteiger charge is 2.48. The lowest BCUT2D eigenvalue weighted by Crippen LogP contribution is -2.32. The van der Waals surface area contributed by atoms with Gasteiger partial charge < -0.3 is 0 Å². The quantitative estimate of drug-likeness (QED) is 0.537. The summed E-state index contributed by atoms with van der Waals surface area (Å²) in [6.07, 6.45) is 21.8. The lowest BCUT2D eigenvalue weighted by Gasteiger charge is -2.43. The molecule has 0 saturated heterocycles. The van der Waals surface area contributed by atoms with Gasteiger partial charge in [0, 0.05) is 0 Å². The van der Waals surface area contributed by atoms with E-state index in [1.165, 1.54) is 32.1 Å². The van der Waals surface area contributed by atoms with Gasteiger partial charge in [-0.25, -0.2) is 0 Å². The van der Waals surface area contributed by atoms with Crippen molar-refractivity contribution in [3.05, 3.63) is 0 Å². The van der Waals surface area contributed by atoms with Crippen LogP contribution in [-0.2, 0) is 0 Å². The van der Waals surface area contributed by atoms with Crippen LogP contribution in [0.4, 0.5) is 0 Å². The predicted molar refractivity (Wildman–Crippen MR) is 90.2 cm³/mol. The third-order valence-electron chi connectivity index (χ3n) is 8.18. The van der Waals surface area contributed by atoms with Gasteiger partial charge in [-0.2, -0.15) is 0 Å². The summed E-state index contributed by atoms with van der Waals surface area (Å²) in [7, 11) is 0. The van der Waals surface area contributed by atoms with Crippen LogP contribution in [0.1, 0.15) is 96.8 Å². The van der Waals surface area contributed by atoms with Gasteiger partial charge in [-0.05, 0) is 73.5 Å². The fourth-order valence-corrected chi connectivity index (χ4v) is 7.23. The Morgan fingerprint density at radius 3 is 2.33 bits per heavy atom. The summed E-state index contributed by atoms with van der Waals surface area (Å²) in [6, 6.07) is 0. The van der Waals surface area contributed by atoms with Crippen LogP contribution in [0.3, 0.4) is 0 Å². The summed E-state index contributed by atoms with van der Waals surface area (Å²) >= 11 is 0. The van der Waals surface area contributed by atoms with Crippen LogP contribution in [0.5, 0.6) is 0 Å². The predicted octanol–water partition coefficient (Wildman–Crippen LogP) is 6.59. The molecule has 0 nitrogen and oxygen atoms in total. The maximum atomic E-state index is 2.64. The fraction of sp³-hybridized carbons (Fsp3) is 1.00. The maximum absolute atomic E-state index is 2.64. The molecule has 4 fully saturated rings. The van der Waals surface area contributed by atoms with Crippen molar-refractivity contribution >= 4 is 0 Å². The van der Waals surface area contributed by atoms with E-state index in [2.05, 4.69) is 6.92 Å². The van der Waals surface area contributed by atoms with E-state index in [1.807, 2.05) is 0 Å². The minimum Gasteiger partial charge on any atom is -0.0596 e. The molecule has 120 valence electrons. The lowest BCUT2D eigenvalue weighted by atomic mass is 9.63. The molecule has 0 heteroatoms. The van der Waals surface area contributed by atoms with Gasteiger partial charge in [0.05, 0.1) is 0 Å². The van der Waals surface area contributed by atoms with E-state index in [0.29, 0.717) is 0 Å². The lowest BCUT2D eigenvalue weighted by molar-refractivity contribution is 0.0786. The summed E-state index contributed by atoms with van der Waals surface area (Å²) in [6.45, 7) is 2.64. The number of hydrogen-bond donors (Lipinski definition) is 0. The second-order valence-corrected chi connectivity index (χ2v) is 9.54. The van der Waals surface area contributed by atoms with E-state index in [4.69, 9.17) is 0 Å². The monoisotopic (exact) mass is 288 g/mol. The van der Waals surface area contributed by atoms with E-state index in [-0.39, 0.29) is 0 Å². The Morgan fingerprint density at radius 1 is 0.714 bits per heavy atom. The van der Waals surface area contributed by atoms with Crippen molar-refractivity contribution in [2.24, 2.45) is 35.0 Å². The smallest absolute Gasteiger partial charge is 0.0323 e. The van der Waals surface area contributed by atoms with Crippen LogP contribution in [0.25, 0.3) is 0 Å².